The Morgan fingerprint density at radius 3 is 2.56 bits per heavy atom. The van der Waals surface area contributed by atoms with Crippen LogP contribution in [0.2, 0.25) is 5.02 Å². The van der Waals surface area contributed by atoms with Gasteiger partial charge in [-0.3, -0.25) is 0 Å². The fraction of sp³-hybridized carbons (Fsp3) is 0.600. The summed E-state index contributed by atoms with van der Waals surface area (Å²) in [6.07, 6.45) is 3.99. The molecule has 1 saturated carbocycles. The molecule has 1 aromatic rings. The second-order valence-electron chi connectivity index (χ2n) is 5.65. The molecule has 18 heavy (non-hydrogen) atoms. The van der Waals surface area contributed by atoms with E-state index in [9.17, 15) is 0 Å². The van der Waals surface area contributed by atoms with Crippen molar-refractivity contribution < 1.29 is 0 Å². The monoisotopic (exact) mass is 266 g/mol. The molecule has 0 heterocycles. The van der Waals surface area contributed by atoms with E-state index in [1.54, 1.807) is 0 Å². The number of likely N-dealkylation sites (N-methyl/N-ethyl adjacent to an activating group) is 1. The van der Waals surface area contributed by atoms with Crippen LogP contribution in [0.4, 0.5) is 0 Å². The van der Waals surface area contributed by atoms with Crippen molar-refractivity contribution in [1.82, 2.24) is 10.2 Å². The summed E-state index contributed by atoms with van der Waals surface area (Å²) in [6.45, 7) is 4.12. The third kappa shape index (κ3) is 2.87. The van der Waals surface area contributed by atoms with E-state index in [1.807, 2.05) is 12.1 Å². The van der Waals surface area contributed by atoms with Gasteiger partial charge in [0.2, 0.25) is 0 Å². The molecule has 3 heteroatoms. The number of benzene rings is 1. The molecule has 1 fully saturated rings. The van der Waals surface area contributed by atoms with Crippen molar-refractivity contribution >= 4 is 11.6 Å². The molecule has 100 valence electrons. The van der Waals surface area contributed by atoms with Gasteiger partial charge in [0.15, 0.2) is 0 Å². The summed E-state index contributed by atoms with van der Waals surface area (Å²) in [5.41, 5.74) is 3.00. The molecule has 0 aromatic heterocycles. The first kappa shape index (κ1) is 13.9. The molecule has 1 aliphatic carbocycles. The van der Waals surface area contributed by atoms with Crippen molar-refractivity contribution in [2.24, 2.45) is 0 Å². The predicted molar refractivity (Wildman–Crippen MR) is 78.2 cm³/mol. The summed E-state index contributed by atoms with van der Waals surface area (Å²) in [6, 6.07) is 6.12. The number of hydrogen-bond acceptors (Lipinski definition) is 2. The van der Waals surface area contributed by atoms with Crippen LogP contribution < -0.4 is 5.32 Å². The molecule has 0 saturated heterocycles. The first-order valence-electron chi connectivity index (χ1n) is 6.67. The molecular weight excluding hydrogens is 244 g/mol. The second-order valence-corrected chi connectivity index (χ2v) is 6.08. The average Bonchev–Trinajstić information content (AvgIpc) is 2.24. The lowest BCUT2D eigenvalue weighted by Crippen LogP contribution is -2.56. The highest BCUT2D eigenvalue weighted by atomic mass is 35.5. The molecule has 0 bridgehead atoms. The van der Waals surface area contributed by atoms with E-state index >= 15 is 0 Å². The maximum atomic E-state index is 5.97. The molecule has 0 unspecified atom stereocenters. The summed E-state index contributed by atoms with van der Waals surface area (Å²) in [4.78, 5) is 2.37. The smallest absolute Gasteiger partial charge is 0.0408 e. The first-order valence-corrected chi connectivity index (χ1v) is 7.04. The molecule has 0 spiro atoms. The van der Waals surface area contributed by atoms with E-state index in [-0.39, 0.29) is 0 Å². The lowest BCUT2D eigenvalue weighted by Gasteiger charge is -2.47. The van der Waals surface area contributed by atoms with Crippen molar-refractivity contribution in [3.63, 3.8) is 0 Å². The topological polar surface area (TPSA) is 15.3 Å². The minimum absolute atomic E-state index is 0.389. The fourth-order valence-electron chi connectivity index (χ4n) is 2.65. The molecule has 0 radical (unpaired) electrons. The van der Waals surface area contributed by atoms with Crippen LogP contribution in [0.3, 0.4) is 0 Å². The van der Waals surface area contributed by atoms with Gasteiger partial charge in [-0.1, -0.05) is 17.7 Å². The van der Waals surface area contributed by atoms with Gasteiger partial charge < -0.3 is 10.2 Å². The summed E-state index contributed by atoms with van der Waals surface area (Å²) in [5.74, 6) is 0. The quantitative estimate of drug-likeness (QED) is 0.880. The van der Waals surface area contributed by atoms with E-state index in [0.717, 1.165) is 18.1 Å². The standard InChI is InChI=1S/C15H23ClN2/c1-12-9-14(16)6-5-13(12)10-17-11-15(18(2)3)7-4-8-15/h5-6,9,17H,4,7-8,10-11H2,1-3H3. The molecular formula is C15H23ClN2. The zero-order valence-electron chi connectivity index (χ0n) is 11.6. The van der Waals surface area contributed by atoms with Gasteiger partial charge in [-0.05, 0) is 63.5 Å². The lowest BCUT2D eigenvalue weighted by atomic mass is 9.75. The number of halogens is 1. The molecule has 2 nitrogen and oxygen atoms in total. The average molecular weight is 267 g/mol. The van der Waals surface area contributed by atoms with Gasteiger partial charge in [0.1, 0.15) is 0 Å². The first-order chi connectivity index (χ1) is 8.53. The van der Waals surface area contributed by atoms with Gasteiger partial charge in [-0.2, -0.15) is 0 Å². The van der Waals surface area contributed by atoms with Crippen LogP contribution in [0.15, 0.2) is 18.2 Å². The Labute approximate surface area is 115 Å². The van der Waals surface area contributed by atoms with Gasteiger partial charge in [-0.25, -0.2) is 0 Å². The summed E-state index contributed by atoms with van der Waals surface area (Å²) in [7, 11) is 4.38. The van der Waals surface area contributed by atoms with Gasteiger partial charge in [-0.15, -0.1) is 0 Å². The third-order valence-electron chi connectivity index (χ3n) is 4.31. The largest absolute Gasteiger partial charge is 0.311 e. The van der Waals surface area contributed by atoms with Crippen molar-refractivity contribution in [2.75, 3.05) is 20.6 Å². The van der Waals surface area contributed by atoms with Gasteiger partial charge in [0, 0.05) is 23.7 Å². The molecule has 1 aliphatic rings. The van der Waals surface area contributed by atoms with E-state index in [1.165, 1.54) is 30.4 Å². The normalized spacial score (nSPS) is 17.8. The van der Waals surface area contributed by atoms with Gasteiger partial charge in [0.05, 0.1) is 0 Å². The number of hydrogen-bond donors (Lipinski definition) is 1. The van der Waals surface area contributed by atoms with Crippen LogP contribution >= 0.6 is 11.6 Å². The Hall–Kier alpha value is -0.570. The Morgan fingerprint density at radius 2 is 2.06 bits per heavy atom. The van der Waals surface area contributed by atoms with Crippen molar-refractivity contribution in [2.45, 2.75) is 38.3 Å². The molecule has 1 aromatic carbocycles. The zero-order chi connectivity index (χ0) is 13.2. The minimum Gasteiger partial charge on any atom is -0.311 e. The van der Waals surface area contributed by atoms with Crippen LogP contribution in [0.25, 0.3) is 0 Å². The zero-order valence-corrected chi connectivity index (χ0v) is 12.3. The summed E-state index contributed by atoms with van der Waals surface area (Å²) in [5, 5.41) is 4.42. The van der Waals surface area contributed by atoms with Gasteiger partial charge >= 0.3 is 0 Å². The summed E-state index contributed by atoms with van der Waals surface area (Å²) < 4.78 is 0. The molecule has 0 amide bonds. The second kappa shape index (κ2) is 5.60. The highest BCUT2D eigenvalue weighted by molar-refractivity contribution is 6.30. The van der Waals surface area contributed by atoms with Crippen molar-refractivity contribution in [3.8, 4) is 0 Å². The SMILES string of the molecule is Cc1cc(Cl)ccc1CNCC1(N(C)C)CCC1. The molecule has 2 rings (SSSR count). The Bertz CT molecular complexity index is 411. The Morgan fingerprint density at radius 1 is 1.33 bits per heavy atom. The van der Waals surface area contributed by atoms with Crippen LogP contribution in [0.1, 0.15) is 30.4 Å². The number of rotatable bonds is 5. The minimum atomic E-state index is 0.389. The van der Waals surface area contributed by atoms with Crippen LogP contribution in [-0.4, -0.2) is 31.1 Å². The van der Waals surface area contributed by atoms with Crippen molar-refractivity contribution in [1.29, 1.82) is 0 Å². The lowest BCUT2D eigenvalue weighted by molar-refractivity contribution is 0.0598. The number of aryl methyl sites for hydroxylation is 1. The highest BCUT2D eigenvalue weighted by Gasteiger charge is 2.38. The van der Waals surface area contributed by atoms with E-state index < -0.39 is 0 Å². The van der Waals surface area contributed by atoms with E-state index in [0.29, 0.717) is 5.54 Å². The maximum Gasteiger partial charge on any atom is 0.0408 e. The Kier molecular flexibility index (Phi) is 4.31. The fourth-order valence-corrected chi connectivity index (χ4v) is 2.88. The predicted octanol–water partition coefficient (Wildman–Crippen LogP) is 3.22. The van der Waals surface area contributed by atoms with E-state index in [4.69, 9.17) is 11.6 Å². The molecule has 0 aliphatic heterocycles. The van der Waals surface area contributed by atoms with Crippen LogP contribution in [0, 0.1) is 6.92 Å². The Balaban J connectivity index is 1.88. The summed E-state index contributed by atoms with van der Waals surface area (Å²) >= 11 is 5.97. The number of nitrogens with zero attached hydrogens (tertiary/aromatic N) is 1. The van der Waals surface area contributed by atoms with Crippen LogP contribution in [-0.2, 0) is 6.54 Å². The van der Waals surface area contributed by atoms with Gasteiger partial charge in [0.25, 0.3) is 0 Å². The van der Waals surface area contributed by atoms with E-state index in [2.05, 4.69) is 37.3 Å². The highest BCUT2D eigenvalue weighted by Crippen LogP contribution is 2.35. The van der Waals surface area contributed by atoms with Crippen LogP contribution in [0.5, 0.6) is 0 Å². The third-order valence-corrected chi connectivity index (χ3v) is 4.54. The molecule has 1 N–H and O–H groups in total. The van der Waals surface area contributed by atoms with Crippen molar-refractivity contribution in [3.05, 3.63) is 34.3 Å². The number of nitrogens with one attached hydrogen (secondary N) is 1. The maximum absolute atomic E-state index is 5.97. The molecule has 0 atom stereocenters.